The van der Waals surface area contributed by atoms with E-state index < -0.39 is 36.7 Å². The third kappa shape index (κ3) is 2.20. The van der Waals surface area contributed by atoms with Crippen molar-refractivity contribution in [1.29, 1.82) is 0 Å². The number of halogens is 1. The van der Waals surface area contributed by atoms with E-state index >= 15 is 0 Å². The standard InChI is InChI=1S/C9H11ClN2O5/c10-5-1-6(14)12(3-11-5)9-8(16)7(15)4(2-13)17-9/h1,3-4,7-9,13,15-16H,2H2/t4-,7+,8-,9+/m0/s1. The van der Waals surface area contributed by atoms with Gasteiger partial charge in [0.2, 0.25) is 0 Å². The first-order valence-electron chi connectivity index (χ1n) is 4.90. The summed E-state index contributed by atoms with van der Waals surface area (Å²) in [4.78, 5) is 15.3. The fourth-order valence-electron chi connectivity index (χ4n) is 1.69. The van der Waals surface area contributed by atoms with Gasteiger partial charge in [-0.15, -0.1) is 0 Å². The fraction of sp³-hybridized carbons (Fsp3) is 0.556. The molecule has 4 atom stereocenters. The van der Waals surface area contributed by atoms with Gasteiger partial charge in [0.1, 0.15) is 29.8 Å². The topological polar surface area (TPSA) is 105 Å². The predicted molar refractivity (Wildman–Crippen MR) is 56.5 cm³/mol. The van der Waals surface area contributed by atoms with Crippen molar-refractivity contribution in [3.05, 3.63) is 27.9 Å². The molecule has 1 fully saturated rings. The first-order valence-corrected chi connectivity index (χ1v) is 5.28. The van der Waals surface area contributed by atoms with E-state index in [1.54, 1.807) is 0 Å². The Balaban J connectivity index is 2.32. The van der Waals surface area contributed by atoms with Gasteiger partial charge < -0.3 is 20.1 Å². The number of rotatable bonds is 2. The molecule has 2 heterocycles. The van der Waals surface area contributed by atoms with Crippen molar-refractivity contribution in [3.63, 3.8) is 0 Å². The molecule has 0 amide bonds. The zero-order chi connectivity index (χ0) is 12.6. The van der Waals surface area contributed by atoms with E-state index in [0.29, 0.717) is 0 Å². The van der Waals surface area contributed by atoms with Gasteiger partial charge in [-0.3, -0.25) is 9.36 Å². The van der Waals surface area contributed by atoms with Gasteiger partial charge in [-0.2, -0.15) is 0 Å². The number of nitrogens with zero attached hydrogens (tertiary/aromatic N) is 2. The third-order valence-electron chi connectivity index (χ3n) is 2.59. The SMILES string of the molecule is O=c1cc(Cl)ncn1[C@@H]1O[C@@H](CO)[C@@H](O)[C@@H]1O. The van der Waals surface area contributed by atoms with Crippen LogP contribution in [-0.2, 0) is 4.74 Å². The van der Waals surface area contributed by atoms with E-state index in [-0.39, 0.29) is 5.15 Å². The molecule has 0 spiro atoms. The third-order valence-corrected chi connectivity index (χ3v) is 2.80. The van der Waals surface area contributed by atoms with Crippen molar-refractivity contribution in [2.24, 2.45) is 0 Å². The number of hydrogen-bond donors (Lipinski definition) is 3. The molecule has 0 bridgehead atoms. The number of hydrogen-bond acceptors (Lipinski definition) is 6. The molecule has 0 radical (unpaired) electrons. The molecule has 0 aliphatic carbocycles. The van der Waals surface area contributed by atoms with Crippen LogP contribution >= 0.6 is 11.6 Å². The van der Waals surface area contributed by atoms with Gasteiger partial charge in [0.15, 0.2) is 6.23 Å². The Morgan fingerprint density at radius 2 is 2.18 bits per heavy atom. The summed E-state index contributed by atoms with van der Waals surface area (Å²) in [6.07, 6.45) is -3.47. The summed E-state index contributed by atoms with van der Waals surface area (Å²) in [5.74, 6) is 0. The van der Waals surface area contributed by atoms with E-state index in [1.807, 2.05) is 0 Å². The molecule has 8 heteroatoms. The first kappa shape index (κ1) is 12.5. The molecule has 0 unspecified atom stereocenters. The van der Waals surface area contributed by atoms with Crippen molar-refractivity contribution in [1.82, 2.24) is 9.55 Å². The average Bonchev–Trinajstić information content (AvgIpc) is 2.57. The minimum Gasteiger partial charge on any atom is -0.394 e. The monoisotopic (exact) mass is 262 g/mol. The molecule has 2 rings (SSSR count). The largest absolute Gasteiger partial charge is 0.394 e. The van der Waals surface area contributed by atoms with Crippen LogP contribution in [0.15, 0.2) is 17.2 Å². The highest BCUT2D eigenvalue weighted by Gasteiger charge is 2.43. The lowest BCUT2D eigenvalue weighted by atomic mass is 10.1. The summed E-state index contributed by atoms with van der Waals surface area (Å²) in [6.45, 7) is -0.454. The highest BCUT2D eigenvalue weighted by atomic mass is 35.5. The summed E-state index contributed by atoms with van der Waals surface area (Å²) >= 11 is 5.53. The maximum absolute atomic E-state index is 11.6. The quantitative estimate of drug-likeness (QED) is 0.561. The van der Waals surface area contributed by atoms with E-state index in [1.165, 1.54) is 0 Å². The molecule has 1 aromatic heterocycles. The summed E-state index contributed by atoms with van der Waals surface area (Å²) in [5, 5.41) is 28.2. The lowest BCUT2D eigenvalue weighted by Gasteiger charge is -2.16. The number of ether oxygens (including phenoxy) is 1. The molecule has 0 aromatic carbocycles. The average molecular weight is 263 g/mol. The molecule has 1 saturated heterocycles. The second-order valence-corrected chi connectivity index (χ2v) is 4.07. The molecule has 0 saturated carbocycles. The van der Waals surface area contributed by atoms with Crippen LogP contribution in [0.5, 0.6) is 0 Å². The van der Waals surface area contributed by atoms with Crippen molar-refractivity contribution >= 4 is 11.6 Å². The Morgan fingerprint density at radius 1 is 1.47 bits per heavy atom. The maximum atomic E-state index is 11.6. The van der Waals surface area contributed by atoms with Gasteiger partial charge in [0, 0.05) is 6.07 Å². The van der Waals surface area contributed by atoms with Gasteiger partial charge in [0.05, 0.1) is 6.61 Å². The molecule has 1 aliphatic heterocycles. The van der Waals surface area contributed by atoms with E-state index in [4.69, 9.17) is 21.4 Å². The molecule has 1 aliphatic rings. The van der Waals surface area contributed by atoms with Crippen LogP contribution in [0.3, 0.4) is 0 Å². The predicted octanol–water partition coefficient (Wildman–Crippen LogP) is -1.49. The van der Waals surface area contributed by atoms with Crippen LogP contribution in [0.2, 0.25) is 5.15 Å². The van der Waals surface area contributed by atoms with Crippen LogP contribution < -0.4 is 5.56 Å². The van der Waals surface area contributed by atoms with E-state index in [0.717, 1.165) is 17.0 Å². The molecule has 3 N–H and O–H groups in total. The van der Waals surface area contributed by atoms with Crippen LogP contribution in [0.1, 0.15) is 6.23 Å². The normalized spacial score (nSPS) is 32.9. The second kappa shape index (κ2) is 4.71. The van der Waals surface area contributed by atoms with Crippen molar-refractivity contribution in [2.75, 3.05) is 6.61 Å². The molecular weight excluding hydrogens is 252 g/mol. The summed E-state index contributed by atoms with van der Waals surface area (Å²) < 4.78 is 6.18. The van der Waals surface area contributed by atoms with Crippen LogP contribution in [-0.4, -0.2) is 49.8 Å². The number of aliphatic hydroxyl groups excluding tert-OH is 3. The van der Waals surface area contributed by atoms with Crippen LogP contribution in [0.25, 0.3) is 0 Å². The minimum absolute atomic E-state index is 0.0259. The Bertz CT molecular complexity index is 465. The maximum Gasteiger partial charge on any atom is 0.257 e. The first-order chi connectivity index (χ1) is 8.04. The molecule has 17 heavy (non-hydrogen) atoms. The minimum atomic E-state index is -1.31. The number of aliphatic hydroxyl groups is 3. The summed E-state index contributed by atoms with van der Waals surface area (Å²) in [7, 11) is 0. The zero-order valence-electron chi connectivity index (χ0n) is 8.60. The smallest absolute Gasteiger partial charge is 0.257 e. The zero-order valence-corrected chi connectivity index (χ0v) is 9.36. The molecule has 7 nitrogen and oxygen atoms in total. The van der Waals surface area contributed by atoms with Crippen LogP contribution in [0.4, 0.5) is 0 Å². The lowest BCUT2D eigenvalue weighted by molar-refractivity contribution is -0.0548. The Labute approximate surface area is 101 Å². The fourth-order valence-corrected chi connectivity index (χ4v) is 1.83. The Morgan fingerprint density at radius 3 is 2.71 bits per heavy atom. The van der Waals surface area contributed by atoms with Gasteiger partial charge in [-0.25, -0.2) is 4.98 Å². The summed E-state index contributed by atoms with van der Waals surface area (Å²) in [6, 6.07) is 1.07. The number of aromatic nitrogens is 2. The Hall–Kier alpha value is -0.990. The lowest BCUT2D eigenvalue weighted by Crippen LogP contribution is -2.35. The Kier molecular flexibility index (Phi) is 3.45. The molecule has 94 valence electrons. The van der Waals surface area contributed by atoms with Gasteiger partial charge in [-0.05, 0) is 0 Å². The van der Waals surface area contributed by atoms with Gasteiger partial charge in [0.25, 0.3) is 5.56 Å². The summed E-state index contributed by atoms with van der Waals surface area (Å²) in [5.41, 5.74) is -0.514. The van der Waals surface area contributed by atoms with Crippen molar-refractivity contribution in [3.8, 4) is 0 Å². The highest BCUT2D eigenvalue weighted by Crippen LogP contribution is 2.27. The molecular formula is C9H11ClN2O5. The second-order valence-electron chi connectivity index (χ2n) is 3.69. The van der Waals surface area contributed by atoms with E-state index in [2.05, 4.69) is 4.98 Å². The van der Waals surface area contributed by atoms with Crippen LogP contribution in [0, 0.1) is 0 Å². The van der Waals surface area contributed by atoms with Crippen molar-refractivity contribution < 1.29 is 20.1 Å². The van der Waals surface area contributed by atoms with Crippen molar-refractivity contribution in [2.45, 2.75) is 24.5 Å². The van der Waals surface area contributed by atoms with E-state index in [9.17, 15) is 15.0 Å². The highest BCUT2D eigenvalue weighted by molar-refractivity contribution is 6.29. The van der Waals surface area contributed by atoms with Gasteiger partial charge in [-0.1, -0.05) is 11.6 Å². The molecule has 1 aromatic rings. The van der Waals surface area contributed by atoms with Gasteiger partial charge >= 0.3 is 0 Å².